The van der Waals surface area contributed by atoms with Gasteiger partial charge in [-0.1, -0.05) is 24.3 Å². The van der Waals surface area contributed by atoms with Crippen LogP contribution in [0.5, 0.6) is 11.5 Å². The van der Waals surface area contributed by atoms with Crippen LogP contribution in [0.4, 0.5) is 0 Å². The van der Waals surface area contributed by atoms with Crippen molar-refractivity contribution >= 4 is 0 Å². The second-order valence-electron chi connectivity index (χ2n) is 8.16. The van der Waals surface area contributed by atoms with Gasteiger partial charge < -0.3 is 19.7 Å². The lowest BCUT2D eigenvalue weighted by Crippen LogP contribution is -2.51. The second-order valence-corrected chi connectivity index (χ2v) is 8.16. The molecule has 0 bridgehead atoms. The first-order valence-electron chi connectivity index (χ1n) is 10.7. The second kappa shape index (κ2) is 11.3. The number of β-amino-alcohol motifs (C(OH)–C–C–N with tert-alkyl or cyclic N) is 2. The van der Waals surface area contributed by atoms with Crippen LogP contribution in [0.15, 0.2) is 48.5 Å². The van der Waals surface area contributed by atoms with E-state index in [-0.39, 0.29) is 0 Å². The zero-order valence-corrected chi connectivity index (χ0v) is 18.0. The summed E-state index contributed by atoms with van der Waals surface area (Å²) in [6.45, 7) is 9.29. The van der Waals surface area contributed by atoms with Gasteiger partial charge in [-0.15, -0.1) is 0 Å². The molecule has 3 rings (SSSR count). The molecule has 1 aliphatic rings. The fourth-order valence-electron chi connectivity index (χ4n) is 3.65. The molecule has 2 N–H and O–H groups in total. The van der Waals surface area contributed by atoms with Crippen molar-refractivity contribution in [2.45, 2.75) is 26.1 Å². The van der Waals surface area contributed by atoms with Crippen molar-refractivity contribution in [2.24, 2.45) is 0 Å². The maximum Gasteiger partial charge on any atom is 0.119 e. The number of aryl methyl sites for hydroxylation is 2. The van der Waals surface area contributed by atoms with Gasteiger partial charge in [0.25, 0.3) is 0 Å². The lowest BCUT2D eigenvalue weighted by Gasteiger charge is -2.36. The number of benzene rings is 2. The molecule has 1 heterocycles. The first-order valence-corrected chi connectivity index (χ1v) is 10.7. The Morgan fingerprint density at radius 2 is 1.13 bits per heavy atom. The summed E-state index contributed by atoms with van der Waals surface area (Å²) in [5.41, 5.74) is 2.29. The molecule has 0 aliphatic carbocycles. The highest BCUT2D eigenvalue weighted by molar-refractivity contribution is 5.28. The van der Waals surface area contributed by atoms with E-state index in [0.29, 0.717) is 26.3 Å². The molecule has 30 heavy (non-hydrogen) atoms. The van der Waals surface area contributed by atoms with Crippen LogP contribution in [0.2, 0.25) is 0 Å². The molecular weight excluding hydrogens is 380 g/mol. The van der Waals surface area contributed by atoms with Crippen LogP contribution in [0.25, 0.3) is 0 Å². The van der Waals surface area contributed by atoms with E-state index in [1.165, 1.54) is 0 Å². The van der Waals surface area contributed by atoms with Crippen LogP contribution < -0.4 is 9.47 Å². The number of rotatable bonds is 10. The van der Waals surface area contributed by atoms with Gasteiger partial charge in [-0.3, -0.25) is 9.80 Å². The maximum atomic E-state index is 10.3. The third-order valence-electron chi connectivity index (χ3n) is 5.27. The van der Waals surface area contributed by atoms with Gasteiger partial charge in [0, 0.05) is 39.3 Å². The van der Waals surface area contributed by atoms with Crippen molar-refractivity contribution in [1.29, 1.82) is 0 Å². The predicted octanol–water partition coefficient (Wildman–Crippen LogP) is 2.10. The molecule has 0 saturated carbocycles. The number of piperazine rings is 1. The largest absolute Gasteiger partial charge is 0.491 e. The Balaban J connectivity index is 1.31. The average Bonchev–Trinajstić information content (AvgIpc) is 2.72. The molecule has 0 radical (unpaired) electrons. The van der Waals surface area contributed by atoms with Crippen molar-refractivity contribution in [3.05, 3.63) is 59.7 Å². The zero-order valence-electron chi connectivity index (χ0n) is 18.0. The van der Waals surface area contributed by atoms with Gasteiger partial charge in [0.2, 0.25) is 0 Å². The Labute approximate surface area is 179 Å². The number of hydrogen-bond donors (Lipinski definition) is 2. The number of aliphatic hydroxyl groups is 2. The molecule has 164 valence electrons. The van der Waals surface area contributed by atoms with Crippen molar-refractivity contribution in [3.63, 3.8) is 0 Å². The monoisotopic (exact) mass is 414 g/mol. The molecule has 2 aromatic rings. The lowest BCUT2D eigenvalue weighted by molar-refractivity contribution is 0.0240. The summed E-state index contributed by atoms with van der Waals surface area (Å²) in [6.07, 6.45) is -1.05. The van der Waals surface area contributed by atoms with E-state index in [4.69, 9.17) is 9.47 Å². The Morgan fingerprint density at radius 1 is 0.733 bits per heavy atom. The van der Waals surface area contributed by atoms with E-state index in [1.54, 1.807) is 0 Å². The molecule has 1 fully saturated rings. The minimum Gasteiger partial charge on any atom is -0.491 e. The van der Waals surface area contributed by atoms with Crippen LogP contribution in [0.3, 0.4) is 0 Å². The van der Waals surface area contributed by atoms with E-state index in [9.17, 15) is 10.2 Å². The van der Waals surface area contributed by atoms with Crippen molar-refractivity contribution in [2.75, 3.05) is 52.5 Å². The highest BCUT2D eigenvalue weighted by Crippen LogP contribution is 2.14. The summed E-state index contributed by atoms with van der Waals surface area (Å²) in [5, 5.41) is 20.6. The van der Waals surface area contributed by atoms with Crippen LogP contribution in [0, 0.1) is 13.8 Å². The number of aliphatic hydroxyl groups excluding tert-OH is 2. The summed E-state index contributed by atoms with van der Waals surface area (Å²) < 4.78 is 11.4. The number of nitrogens with zero attached hydrogens (tertiary/aromatic N) is 2. The normalized spacial score (nSPS) is 17.5. The van der Waals surface area contributed by atoms with E-state index in [1.807, 2.05) is 62.4 Å². The van der Waals surface area contributed by atoms with E-state index in [2.05, 4.69) is 9.80 Å². The van der Waals surface area contributed by atoms with E-state index >= 15 is 0 Å². The number of ether oxygens (including phenoxy) is 2. The van der Waals surface area contributed by atoms with Crippen molar-refractivity contribution in [3.8, 4) is 11.5 Å². The standard InChI is InChI=1S/C24H34N2O4/c1-19-5-3-7-23(13-19)29-17-21(27)15-25-9-11-26(12-10-25)16-22(28)18-30-24-8-4-6-20(2)14-24/h3-8,13-14,21-22,27-28H,9-12,15-18H2,1-2H3/t21-,22-/m0/s1. The Morgan fingerprint density at radius 3 is 1.50 bits per heavy atom. The smallest absolute Gasteiger partial charge is 0.119 e. The molecule has 0 spiro atoms. The highest BCUT2D eigenvalue weighted by Gasteiger charge is 2.21. The Bertz CT molecular complexity index is 712. The van der Waals surface area contributed by atoms with Crippen LogP contribution in [0.1, 0.15) is 11.1 Å². The molecule has 6 nitrogen and oxygen atoms in total. The molecule has 0 unspecified atom stereocenters. The topological polar surface area (TPSA) is 65.4 Å². The molecule has 0 amide bonds. The first-order chi connectivity index (χ1) is 14.5. The van der Waals surface area contributed by atoms with Crippen molar-refractivity contribution in [1.82, 2.24) is 9.80 Å². The molecule has 6 heteroatoms. The SMILES string of the molecule is Cc1cccc(OC[C@@H](O)CN2CCN(C[C@H](O)COc3cccc(C)c3)CC2)c1. The summed E-state index contributed by atoms with van der Waals surface area (Å²) in [5.74, 6) is 1.58. The van der Waals surface area contributed by atoms with Crippen molar-refractivity contribution < 1.29 is 19.7 Å². The van der Waals surface area contributed by atoms with Gasteiger partial charge in [0.05, 0.1) is 0 Å². The van der Waals surface area contributed by atoms with Gasteiger partial charge in [-0.25, -0.2) is 0 Å². The molecule has 1 saturated heterocycles. The van der Waals surface area contributed by atoms with Gasteiger partial charge in [-0.05, 0) is 49.2 Å². The fourth-order valence-corrected chi connectivity index (χ4v) is 3.65. The minimum absolute atomic E-state index is 0.290. The molecule has 2 atom stereocenters. The summed E-state index contributed by atoms with van der Waals surface area (Å²) in [6, 6.07) is 15.7. The summed E-state index contributed by atoms with van der Waals surface area (Å²) in [4.78, 5) is 4.49. The van der Waals surface area contributed by atoms with Crippen LogP contribution in [-0.2, 0) is 0 Å². The van der Waals surface area contributed by atoms with E-state index in [0.717, 1.165) is 48.8 Å². The minimum atomic E-state index is -0.523. The third kappa shape index (κ3) is 7.61. The van der Waals surface area contributed by atoms with Gasteiger partial charge in [0.1, 0.15) is 36.9 Å². The molecular formula is C24H34N2O4. The van der Waals surface area contributed by atoms with Gasteiger partial charge in [0.15, 0.2) is 0 Å². The highest BCUT2D eigenvalue weighted by atomic mass is 16.5. The summed E-state index contributed by atoms with van der Waals surface area (Å²) >= 11 is 0. The average molecular weight is 415 g/mol. The first kappa shape index (κ1) is 22.6. The van der Waals surface area contributed by atoms with Gasteiger partial charge >= 0.3 is 0 Å². The predicted molar refractivity (Wildman–Crippen MR) is 118 cm³/mol. The Kier molecular flexibility index (Phi) is 8.51. The zero-order chi connectivity index (χ0) is 21.3. The van der Waals surface area contributed by atoms with Crippen LogP contribution >= 0.6 is 0 Å². The lowest BCUT2D eigenvalue weighted by atomic mass is 10.2. The Hall–Kier alpha value is -2.12. The maximum absolute atomic E-state index is 10.3. The number of hydrogen-bond acceptors (Lipinski definition) is 6. The fraction of sp³-hybridized carbons (Fsp3) is 0.500. The molecule has 1 aliphatic heterocycles. The van der Waals surface area contributed by atoms with E-state index < -0.39 is 12.2 Å². The quantitative estimate of drug-likeness (QED) is 0.621. The van der Waals surface area contributed by atoms with Crippen LogP contribution in [-0.4, -0.2) is 84.7 Å². The molecule has 0 aromatic heterocycles. The third-order valence-corrected chi connectivity index (χ3v) is 5.27. The van der Waals surface area contributed by atoms with Gasteiger partial charge in [-0.2, -0.15) is 0 Å². The summed E-state index contributed by atoms with van der Waals surface area (Å²) in [7, 11) is 0. The molecule has 2 aromatic carbocycles.